The number of aliphatic imine (C=N–C) groups is 2. The molecule has 2 saturated carbocycles. The number of amidine groups is 1. The predicted octanol–water partition coefficient (Wildman–Crippen LogP) is 5.47. The minimum atomic E-state index is -4.66. The molecule has 6 nitrogen and oxygen atoms in total. The Bertz CT molecular complexity index is 1020. The normalized spacial score (nSPS) is 28.0. The maximum Gasteiger partial charge on any atom is 0.451 e. The van der Waals surface area contributed by atoms with Crippen LogP contribution < -0.4 is 0 Å². The minimum absolute atomic E-state index is 0.122. The Morgan fingerprint density at radius 1 is 1.17 bits per heavy atom. The van der Waals surface area contributed by atoms with E-state index in [0.29, 0.717) is 19.0 Å². The second kappa shape index (κ2) is 10.00. The van der Waals surface area contributed by atoms with Gasteiger partial charge in [0.1, 0.15) is 0 Å². The van der Waals surface area contributed by atoms with Gasteiger partial charge >= 0.3 is 12.2 Å². The molecule has 2 aliphatic carbocycles. The second-order valence-corrected chi connectivity index (χ2v) is 10.6. The van der Waals surface area contributed by atoms with Crippen molar-refractivity contribution in [3.05, 3.63) is 48.2 Å². The van der Waals surface area contributed by atoms with Crippen molar-refractivity contribution >= 4 is 18.1 Å². The zero-order chi connectivity index (χ0) is 26.1. The van der Waals surface area contributed by atoms with Crippen molar-refractivity contribution in [2.75, 3.05) is 34.2 Å². The van der Waals surface area contributed by atoms with Crippen LogP contribution in [0.5, 0.6) is 0 Å². The summed E-state index contributed by atoms with van der Waals surface area (Å²) in [6.45, 7) is 5.00. The Balaban J connectivity index is 1.59. The zero-order valence-electron chi connectivity index (χ0n) is 21.4. The Labute approximate surface area is 211 Å². The van der Waals surface area contributed by atoms with Gasteiger partial charge in [0.25, 0.3) is 0 Å². The molecule has 3 fully saturated rings. The van der Waals surface area contributed by atoms with Gasteiger partial charge < -0.3 is 4.90 Å². The molecule has 1 saturated heterocycles. The lowest BCUT2D eigenvalue weighted by Gasteiger charge is -2.51. The summed E-state index contributed by atoms with van der Waals surface area (Å²) in [5, 5.41) is 0. The lowest BCUT2D eigenvalue weighted by molar-refractivity contribution is -0.0597. The van der Waals surface area contributed by atoms with Gasteiger partial charge in [-0.2, -0.15) is 13.2 Å². The number of amides is 2. The first-order valence-corrected chi connectivity index (χ1v) is 12.6. The molecule has 9 heteroatoms. The highest BCUT2D eigenvalue weighted by Crippen LogP contribution is 2.50. The monoisotopic (exact) mass is 503 g/mol. The third-order valence-electron chi connectivity index (χ3n) is 8.48. The number of benzene rings is 1. The number of carbonyl (C=O) groups excluding carboxylic acids is 1. The van der Waals surface area contributed by atoms with Crippen LogP contribution in [0.25, 0.3) is 0 Å². The third-order valence-corrected chi connectivity index (χ3v) is 8.48. The van der Waals surface area contributed by atoms with Gasteiger partial charge in [0.05, 0.1) is 24.0 Å². The summed E-state index contributed by atoms with van der Waals surface area (Å²) in [7, 11) is 5.26. The van der Waals surface area contributed by atoms with Crippen LogP contribution in [0.1, 0.15) is 50.5 Å². The molecular formula is C27H36F3N5O. The highest BCUT2D eigenvalue weighted by molar-refractivity contribution is 5.99. The molecule has 0 bridgehead atoms. The van der Waals surface area contributed by atoms with E-state index in [9.17, 15) is 18.0 Å². The summed E-state index contributed by atoms with van der Waals surface area (Å²) in [6.07, 6.45) is 3.14. The molecule has 196 valence electrons. The summed E-state index contributed by atoms with van der Waals surface area (Å²) >= 11 is 0. The van der Waals surface area contributed by atoms with Gasteiger partial charge in [-0.1, -0.05) is 43.3 Å². The highest BCUT2D eigenvalue weighted by atomic mass is 19.4. The maximum atomic E-state index is 13.6. The quantitative estimate of drug-likeness (QED) is 0.382. The van der Waals surface area contributed by atoms with Crippen LogP contribution in [0.3, 0.4) is 0 Å². The number of urea groups is 1. The van der Waals surface area contributed by atoms with Crippen LogP contribution in [0, 0.1) is 5.92 Å². The van der Waals surface area contributed by atoms with Crippen LogP contribution in [-0.2, 0) is 5.54 Å². The van der Waals surface area contributed by atoms with Gasteiger partial charge in [-0.15, -0.1) is 0 Å². The number of nitrogens with zero attached hydrogens (tertiary/aromatic N) is 5. The molecule has 1 heterocycles. The Kier molecular flexibility index (Phi) is 7.33. The van der Waals surface area contributed by atoms with Crippen LogP contribution in [0.2, 0.25) is 0 Å². The molecule has 0 radical (unpaired) electrons. The first-order chi connectivity index (χ1) is 17.0. The zero-order valence-corrected chi connectivity index (χ0v) is 21.4. The number of hydrogen-bond acceptors (Lipinski definition) is 3. The van der Waals surface area contributed by atoms with Gasteiger partial charge in [0.2, 0.25) is 5.84 Å². The average molecular weight is 504 g/mol. The van der Waals surface area contributed by atoms with Crippen LogP contribution >= 0.6 is 0 Å². The first-order valence-electron chi connectivity index (χ1n) is 12.6. The summed E-state index contributed by atoms with van der Waals surface area (Å²) in [4.78, 5) is 26.2. The van der Waals surface area contributed by atoms with Crippen molar-refractivity contribution in [3.63, 3.8) is 0 Å². The fraction of sp³-hybridized carbons (Fsp3) is 0.593. The lowest BCUT2D eigenvalue weighted by atomic mass is 9.68. The van der Waals surface area contributed by atoms with Crippen LogP contribution in [0.15, 0.2) is 52.6 Å². The number of alkyl halides is 3. The molecule has 1 aliphatic heterocycles. The van der Waals surface area contributed by atoms with E-state index < -0.39 is 12.0 Å². The van der Waals surface area contributed by atoms with E-state index in [1.165, 1.54) is 16.9 Å². The topological polar surface area (TPSA) is 51.5 Å². The van der Waals surface area contributed by atoms with Crippen molar-refractivity contribution in [3.8, 4) is 0 Å². The average Bonchev–Trinajstić information content (AvgIpc) is 3.08. The van der Waals surface area contributed by atoms with Gasteiger partial charge in [0, 0.05) is 19.1 Å². The first kappa shape index (κ1) is 26.4. The van der Waals surface area contributed by atoms with Crippen LogP contribution in [-0.4, -0.2) is 78.7 Å². The van der Waals surface area contributed by atoms with Crippen molar-refractivity contribution in [2.45, 2.75) is 62.2 Å². The molecule has 1 aromatic rings. The molecule has 0 atom stereocenters. The van der Waals surface area contributed by atoms with Gasteiger partial charge in [0.15, 0.2) is 0 Å². The molecule has 3 aliphatic rings. The SMILES string of the molecule is C=C(/C=N\C(=N/C)C(F)(F)F)N1C[C@]2(CC[C@](c3ccccc3)(N(C)C)CC2)N(CC2CCC2)C1=O. The Morgan fingerprint density at radius 2 is 1.81 bits per heavy atom. The Hall–Kier alpha value is -2.68. The smallest absolute Gasteiger partial charge is 0.317 e. The van der Waals surface area contributed by atoms with E-state index >= 15 is 0 Å². The van der Waals surface area contributed by atoms with E-state index in [1.54, 1.807) is 0 Å². The number of allylic oxidation sites excluding steroid dienone is 1. The van der Waals surface area contributed by atoms with E-state index in [4.69, 9.17) is 0 Å². The molecule has 1 spiro atoms. The molecule has 2 amide bonds. The predicted molar refractivity (Wildman–Crippen MR) is 136 cm³/mol. The number of rotatable bonds is 6. The number of carbonyl (C=O) groups is 1. The van der Waals surface area contributed by atoms with Gasteiger partial charge in [-0.25, -0.2) is 9.79 Å². The van der Waals surface area contributed by atoms with Gasteiger partial charge in [-0.3, -0.25) is 14.8 Å². The molecule has 0 unspecified atom stereocenters. The molecule has 0 aromatic heterocycles. The van der Waals surface area contributed by atoms with Crippen LogP contribution in [0.4, 0.5) is 18.0 Å². The molecule has 1 aromatic carbocycles. The molecule has 4 rings (SSSR count). The van der Waals surface area contributed by atoms with E-state index in [0.717, 1.165) is 51.8 Å². The molecule has 0 N–H and O–H groups in total. The fourth-order valence-electron chi connectivity index (χ4n) is 5.99. The maximum absolute atomic E-state index is 13.6. The standard InChI is InChI=1S/C27H36F3N5O/c1-20(17-32-23(31-2)27(28,29)30)34-19-25(35(24(34)36)18-21-9-8-10-21)13-15-26(16-14-25,33(3)4)22-11-6-5-7-12-22/h5-7,11-12,17,21H,1,8-10,13-16,18-19H2,2-4H3/b31-23-,32-17-/t25-,26+. The molecular weight excluding hydrogens is 467 g/mol. The third kappa shape index (κ3) is 4.82. The van der Waals surface area contributed by atoms with Crippen molar-refractivity contribution in [2.24, 2.45) is 15.9 Å². The molecule has 36 heavy (non-hydrogen) atoms. The number of halogens is 3. The lowest BCUT2D eigenvalue weighted by Crippen LogP contribution is -2.56. The largest absolute Gasteiger partial charge is 0.451 e. The summed E-state index contributed by atoms with van der Waals surface area (Å²) < 4.78 is 39.2. The Morgan fingerprint density at radius 3 is 2.31 bits per heavy atom. The highest BCUT2D eigenvalue weighted by Gasteiger charge is 2.55. The summed E-state index contributed by atoms with van der Waals surface area (Å²) in [6, 6.07) is 10.3. The fourth-order valence-corrected chi connectivity index (χ4v) is 5.99. The van der Waals surface area contributed by atoms with Crippen molar-refractivity contribution in [1.29, 1.82) is 0 Å². The number of hydrogen-bond donors (Lipinski definition) is 0. The second-order valence-electron chi connectivity index (χ2n) is 10.6. The van der Waals surface area contributed by atoms with Gasteiger partial charge in [-0.05, 0) is 64.1 Å². The van der Waals surface area contributed by atoms with Crippen molar-refractivity contribution < 1.29 is 18.0 Å². The summed E-state index contributed by atoms with van der Waals surface area (Å²) in [5.74, 6) is -0.765. The van der Waals surface area contributed by atoms with E-state index in [2.05, 4.69) is 59.8 Å². The van der Waals surface area contributed by atoms with Crippen molar-refractivity contribution in [1.82, 2.24) is 14.7 Å². The summed E-state index contributed by atoms with van der Waals surface area (Å²) in [5.41, 5.74) is 0.937. The van der Waals surface area contributed by atoms with E-state index in [-0.39, 0.29) is 22.8 Å². The van der Waals surface area contributed by atoms with E-state index in [1.807, 2.05) is 11.0 Å². The minimum Gasteiger partial charge on any atom is -0.317 e.